The Morgan fingerprint density at radius 3 is 2.65 bits per heavy atom. The minimum atomic E-state index is -3.67. The van der Waals surface area contributed by atoms with Gasteiger partial charge in [0, 0.05) is 4.47 Å². The van der Waals surface area contributed by atoms with E-state index < -0.39 is 22.5 Å². The second kappa shape index (κ2) is 11.5. The van der Waals surface area contributed by atoms with Crippen molar-refractivity contribution in [1.82, 2.24) is 5.43 Å². The van der Waals surface area contributed by atoms with Gasteiger partial charge in [0.15, 0.2) is 11.5 Å². The summed E-state index contributed by atoms with van der Waals surface area (Å²) in [7, 11) is -3.67. The molecule has 2 aromatic carbocycles. The number of rotatable bonds is 11. The molecule has 0 atom stereocenters. The SMILES string of the molecule is C=CCOc1ccc(/C=N\NC(=O)CN(c2cccc(Br)c2)S(C)(=O)=O)cc1OCC. The minimum Gasteiger partial charge on any atom is -0.490 e. The van der Waals surface area contributed by atoms with Crippen molar-refractivity contribution in [2.75, 3.05) is 30.3 Å². The Hall–Kier alpha value is -2.85. The first-order valence-corrected chi connectivity index (χ1v) is 11.9. The Kier molecular flexibility index (Phi) is 9.07. The summed E-state index contributed by atoms with van der Waals surface area (Å²) in [5, 5.41) is 3.91. The first kappa shape index (κ1) is 24.4. The number of halogens is 1. The number of ether oxygens (including phenoxy) is 2. The van der Waals surface area contributed by atoms with Gasteiger partial charge in [-0.3, -0.25) is 9.10 Å². The van der Waals surface area contributed by atoms with Crippen molar-refractivity contribution < 1.29 is 22.7 Å². The van der Waals surface area contributed by atoms with Gasteiger partial charge in [0.25, 0.3) is 5.91 Å². The highest BCUT2D eigenvalue weighted by molar-refractivity contribution is 9.10. The molecule has 166 valence electrons. The van der Waals surface area contributed by atoms with E-state index in [0.29, 0.717) is 40.4 Å². The van der Waals surface area contributed by atoms with E-state index in [-0.39, 0.29) is 0 Å². The molecule has 0 unspecified atom stereocenters. The highest BCUT2D eigenvalue weighted by atomic mass is 79.9. The summed E-state index contributed by atoms with van der Waals surface area (Å²) in [5.41, 5.74) is 3.38. The van der Waals surface area contributed by atoms with Crippen molar-refractivity contribution in [2.45, 2.75) is 6.92 Å². The van der Waals surface area contributed by atoms with Gasteiger partial charge < -0.3 is 9.47 Å². The smallest absolute Gasteiger partial charge is 0.260 e. The summed E-state index contributed by atoms with van der Waals surface area (Å²) in [4.78, 5) is 12.3. The average Bonchev–Trinajstić information content (AvgIpc) is 2.71. The maximum atomic E-state index is 12.3. The summed E-state index contributed by atoms with van der Waals surface area (Å²) >= 11 is 3.30. The molecule has 8 nitrogen and oxygen atoms in total. The van der Waals surface area contributed by atoms with Crippen LogP contribution >= 0.6 is 15.9 Å². The lowest BCUT2D eigenvalue weighted by Gasteiger charge is -2.21. The Morgan fingerprint density at radius 1 is 1.23 bits per heavy atom. The van der Waals surface area contributed by atoms with Gasteiger partial charge in [-0.2, -0.15) is 5.10 Å². The fraction of sp³-hybridized carbons (Fsp3) is 0.238. The zero-order valence-electron chi connectivity index (χ0n) is 17.2. The quantitative estimate of drug-likeness (QED) is 0.284. The molecule has 0 spiro atoms. The molecule has 0 saturated carbocycles. The zero-order chi connectivity index (χ0) is 22.9. The van der Waals surface area contributed by atoms with Crippen LogP contribution in [0.1, 0.15) is 12.5 Å². The van der Waals surface area contributed by atoms with Crippen LogP contribution in [0.25, 0.3) is 0 Å². The number of hydrogen-bond donors (Lipinski definition) is 1. The zero-order valence-corrected chi connectivity index (χ0v) is 19.6. The predicted octanol–water partition coefficient (Wildman–Crippen LogP) is 3.33. The molecule has 0 aliphatic carbocycles. The molecule has 0 aromatic heterocycles. The van der Waals surface area contributed by atoms with E-state index in [0.717, 1.165) is 10.6 Å². The molecule has 0 fully saturated rings. The highest BCUT2D eigenvalue weighted by Gasteiger charge is 2.20. The molecule has 10 heteroatoms. The van der Waals surface area contributed by atoms with Crippen LogP contribution in [0, 0.1) is 0 Å². The van der Waals surface area contributed by atoms with Crippen LogP contribution < -0.4 is 19.2 Å². The first-order valence-electron chi connectivity index (χ1n) is 9.30. The van der Waals surface area contributed by atoms with Crippen LogP contribution in [-0.4, -0.2) is 46.6 Å². The predicted molar refractivity (Wildman–Crippen MR) is 125 cm³/mol. The van der Waals surface area contributed by atoms with E-state index in [1.807, 2.05) is 6.92 Å². The molecule has 0 radical (unpaired) electrons. The summed E-state index contributed by atoms with van der Waals surface area (Å²) in [5.74, 6) is 0.524. The van der Waals surface area contributed by atoms with Gasteiger partial charge in [-0.05, 0) is 48.9 Å². The highest BCUT2D eigenvalue weighted by Crippen LogP contribution is 2.28. The van der Waals surface area contributed by atoms with Crippen LogP contribution in [0.15, 0.2) is 64.7 Å². The maximum Gasteiger partial charge on any atom is 0.260 e. The van der Waals surface area contributed by atoms with E-state index in [1.54, 1.807) is 48.5 Å². The van der Waals surface area contributed by atoms with E-state index >= 15 is 0 Å². The van der Waals surface area contributed by atoms with E-state index in [9.17, 15) is 13.2 Å². The van der Waals surface area contributed by atoms with E-state index in [4.69, 9.17) is 9.47 Å². The van der Waals surface area contributed by atoms with Gasteiger partial charge in [-0.15, -0.1) is 0 Å². The number of nitrogens with one attached hydrogen (secondary N) is 1. The van der Waals surface area contributed by atoms with Gasteiger partial charge in [0.2, 0.25) is 10.0 Å². The second-order valence-electron chi connectivity index (χ2n) is 6.28. The number of sulfonamides is 1. The van der Waals surface area contributed by atoms with Crippen LogP contribution in [0.5, 0.6) is 11.5 Å². The number of amides is 1. The normalized spacial score (nSPS) is 11.2. The number of hydrazone groups is 1. The molecule has 0 aliphatic rings. The van der Waals surface area contributed by atoms with Gasteiger partial charge in [-0.25, -0.2) is 13.8 Å². The molecule has 1 amide bonds. The van der Waals surface area contributed by atoms with Crippen molar-refractivity contribution in [3.05, 3.63) is 65.2 Å². The molecule has 0 aliphatic heterocycles. The fourth-order valence-corrected chi connectivity index (χ4v) is 3.75. The Labute approximate surface area is 190 Å². The molecule has 2 aromatic rings. The molecule has 0 bridgehead atoms. The molecule has 1 N–H and O–H groups in total. The van der Waals surface area contributed by atoms with Crippen molar-refractivity contribution >= 4 is 43.8 Å². The maximum absolute atomic E-state index is 12.3. The van der Waals surface area contributed by atoms with Crippen LogP contribution in [0.4, 0.5) is 5.69 Å². The van der Waals surface area contributed by atoms with Gasteiger partial charge in [0.1, 0.15) is 13.2 Å². The Morgan fingerprint density at radius 2 is 2.00 bits per heavy atom. The number of nitrogens with zero attached hydrogens (tertiary/aromatic N) is 2. The number of carbonyl (C=O) groups is 1. The van der Waals surface area contributed by atoms with E-state index in [1.165, 1.54) is 6.21 Å². The largest absolute Gasteiger partial charge is 0.490 e. The van der Waals surface area contributed by atoms with Gasteiger partial charge in [0.05, 0.1) is 24.8 Å². The first-order chi connectivity index (χ1) is 14.7. The molecular weight excluding hydrogens is 486 g/mol. The van der Waals surface area contributed by atoms with Crippen LogP contribution in [0.2, 0.25) is 0 Å². The third-order valence-electron chi connectivity index (χ3n) is 3.81. The molecule has 0 saturated heterocycles. The van der Waals surface area contributed by atoms with Crippen LogP contribution in [-0.2, 0) is 14.8 Å². The van der Waals surface area contributed by atoms with Gasteiger partial charge in [-0.1, -0.05) is 34.7 Å². The number of carbonyl (C=O) groups excluding carboxylic acids is 1. The fourth-order valence-electron chi connectivity index (χ4n) is 2.52. The minimum absolute atomic E-state index is 0.346. The van der Waals surface area contributed by atoms with Crippen molar-refractivity contribution in [2.24, 2.45) is 5.10 Å². The molecule has 2 rings (SSSR count). The van der Waals surface area contributed by atoms with Crippen molar-refractivity contribution in [3.63, 3.8) is 0 Å². The third kappa shape index (κ3) is 7.72. The molecule has 0 heterocycles. The lowest BCUT2D eigenvalue weighted by molar-refractivity contribution is -0.119. The number of benzene rings is 2. The second-order valence-corrected chi connectivity index (χ2v) is 9.10. The molecule has 31 heavy (non-hydrogen) atoms. The van der Waals surface area contributed by atoms with Crippen LogP contribution in [0.3, 0.4) is 0 Å². The third-order valence-corrected chi connectivity index (χ3v) is 5.44. The number of hydrogen-bond acceptors (Lipinski definition) is 6. The standard InChI is InChI=1S/C21H24BrN3O5S/c1-4-11-30-19-10-9-16(12-20(19)29-5-2)14-23-24-21(26)15-25(31(3,27)28)18-8-6-7-17(22)13-18/h4,6-10,12-14H,1,5,11,15H2,2-3H3,(H,24,26)/b23-14-. The summed E-state index contributed by atoms with van der Waals surface area (Å²) in [6.07, 6.45) is 4.10. The Balaban J connectivity index is 2.08. The monoisotopic (exact) mass is 509 g/mol. The van der Waals surface area contributed by atoms with Crippen molar-refractivity contribution in [3.8, 4) is 11.5 Å². The average molecular weight is 510 g/mol. The lowest BCUT2D eigenvalue weighted by atomic mass is 10.2. The summed E-state index contributed by atoms with van der Waals surface area (Å²) < 4.78 is 37.1. The number of anilines is 1. The van der Waals surface area contributed by atoms with Gasteiger partial charge >= 0.3 is 0 Å². The van der Waals surface area contributed by atoms with E-state index in [2.05, 4.69) is 33.0 Å². The summed E-state index contributed by atoms with van der Waals surface area (Å²) in [6, 6.07) is 11.9. The molecular formula is C21H24BrN3O5S. The topological polar surface area (TPSA) is 97.3 Å². The Bertz CT molecular complexity index is 1060. The lowest BCUT2D eigenvalue weighted by Crippen LogP contribution is -2.39. The summed E-state index contributed by atoms with van der Waals surface area (Å²) in [6.45, 7) is 5.86. The van der Waals surface area contributed by atoms with Crippen molar-refractivity contribution in [1.29, 1.82) is 0 Å².